The summed E-state index contributed by atoms with van der Waals surface area (Å²) in [5.74, 6) is 4.48. The quantitative estimate of drug-likeness (QED) is 0.776. The third-order valence-corrected chi connectivity index (χ3v) is 3.51. The Morgan fingerprint density at radius 3 is 2.44 bits per heavy atom. The molecule has 1 aromatic heterocycles. The Hall–Kier alpha value is -1.32. The molecule has 0 saturated heterocycles. The van der Waals surface area contributed by atoms with Crippen LogP contribution in [0.25, 0.3) is 0 Å². The van der Waals surface area contributed by atoms with Gasteiger partial charge in [0.1, 0.15) is 17.5 Å². The van der Waals surface area contributed by atoms with Crippen LogP contribution in [0.2, 0.25) is 0 Å². The second-order valence-corrected chi connectivity index (χ2v) is 5.52. The first kappa shape index (κ1) is 11.8. The number of nitrogens with zero attached hydrogens (tertiary/aromatic N) is 2. The maximum Gasteiger partial charge on any atom is 0.136 e. The molecule has 2 aliphatic rings. The largest absolute Gasteiger partial charge is 0.370 e. The molecular formula is C14H22N4. The average Bonchev–Trinajstić information content (AvgIpc) is 3.27. The van der Waals surface area contributed by atoms with E-state index in [-0.39, 0.29) is 0 Å². The van der Waals surface area contributed by atoms with Crippen molar-refractivity contribution in [3.8, 4) is 0 Å². The topological polar surface area (TPSA) is 49.8 Å². The lowest BCUT2D eigenvalue weighted by atomic mass is 10.3. The van der Waals surface area contributed by atoms with Crippen molar-refractivity contribution in [3.05, 3.63) is 11.9 Å². The van der Waals surface area contributed by atoms with Crippen LogP contribution in [0.5, 0.6) is 0 Å². The van der Waals surface area contributed by atoms with Crippen molar-refractivity contribution < 1.29 is 0 Å². The minimum Gasteiger partial charge on any atom is -0.370 e. The van der Waals surface area contributed by atoms with E-state index in [1.807, 2.05) is 6.07 Å². The molecule has 4 nitrogen and oxygen atoms in total. The van der Waals surface area contributed by atoms with Gasteiger partial charge >= 0.3 is 0 Å². The molecule has 3 rings (SSSR count). The summed E-state index contributed by atoms with van der Waals surface area (Å²) in [5.41, 5.74) is 0. The molecule has 0 atom stereocenters. The summed E-state index contributed by atoms with van der Waals surface area (Å²) < 4.78 is 0. The Morgan fingerprint density at radius 2 is 1.83 bits per heavy atom. The van der Waals surface area contributed by atoms with Crippen molar-refractivity contribution in [2.75, 3.05) is 23.7 Å². The van der Waals surface area contributed by atoms with E-state index in [1.165, 1.54) is 25.7 Å². The van der Waals surface area contributed by atoms with Crippen LogP contribution in [0.4, 0.5) is 11.6 Å². The monoisotopic (exact) mass is 246 g/mol. The molecule has 0 bridgehead atoms. The van der Waals surface area contributed by atoms with Crippen molar-refractivity contribution in [2.45, 2.75) is 44.9 Å². The van der Waals surface area contributed by atoms with Crippen LogP contribution >= 0.6 is 0 Å². The molecule has 2 aliphatic carbocycles. The molecule has 1 heterocycles. The van der Waals surface area contributed by atoms with E-state index < -0.39 is 0 Å². The summed E-state index contributed by atoms with van der Waals surface area (Å²) in [5, 5.41) is 6.83. The van der Waals surface area contributed by atoms with Crippen LogP contribution in [-0.2, 0) is 0 Å². The summed E-state index contributed by atoms with van der Waals surface area (Å²) in [6.45, 7) is 4.21. The molecule has 2 fully saturated rings. The van der Waals surface area contributed by atoms with Gasteiger partial charge in [-0.15, -0.1) is 0 Å². The van der Waals surface area contributed by atoms with Gasteiger partial charge in [-0.1, -0.05) is 6.92 Å². The van der Waals surface area contributed by atoms with Crippen molar-refractivity contribution >= 4 is 11.6 Å². The van der Waals surface area contributed by atoms with E-state index in [2.05, 4.69) is 27.5 Å². The first-order chi connectivity index (χ1) is 8.85. The number of nitrogens with one attached hydrogen (secondary N) is 2. The second kappa shape index (κ2) is 5.12. The lowest BCUT2D eigenvalue weighted by Crippen LogP contribution is -2.10. The van der Waals surface area contributed by atoms with Gasteiger partial charge in [0.2, 0.25) is 0 Å². The predicted molar refractivity (Wildman–Crippen MR) is 74.0 cm³/mol. The highest BCUT2D eigenvalue weighted by atomic mass is 15.1. The Bertz CT molecular complexity index is 410. The van der Waals surface area contributed by atoms with E-state index in [0.717, 1.165) is 42.9 Å². The Kier molecular flexibility index (Phi) is 3.35. The lowest BCUT2D eigenvalue weighted by molar-refractivity contribution is 0.864. The highest BCUT2D eigenvalue weighted by molar-refractivity contribution is 5.48. The molecule has 0 radical (unpaired) electrons. The standard InChI is InChI=1S/C14H22N4/c1-2-7-15-12-8-13(16-9-10-3-4-10)18-14(17-12)11-5-6-11/h8,10-11H,2-7,9H2,1H3,(H2,15,16,17,18). The van der Waals surface area contributed by atoms with Crippen LogP contribution in [0.1, 0.15) is 50.8 Å². The van der Waals surface area contributed by atoms with Gasteiger partial charge in [-0.3, -0.25) is 0 Å². The Balaban J connectivity index is 1.70. The molecule has 1 aromatic rings. The second-order valence-electron chi connectivity index (χ2n) is 5.52. The molecule has 0 unspecified atom stereocenters. The molecule has 2 saturated carbocycles. The van der Waals surface area contributed by atoms with E-state index in [4.69, 9.17) is 0 Å². The molecule has 0 spiro atoms. The van der Waals surface area contributed by atoms with E-state index in [0.29, 0.717) is 5.92 Å². The van der Waals surface area contributed by atoms with E-state index >= 15 is 0 Å². The van der Waals surface area contributed by atoms with Crippen molar-refractivity contribution in [1.29, 1.82) is 0 Å². The Morgan fingerprint density at radius 1 is 1.11 bits per heavy atom. The third-order valence-electron chi connectivity index (χ3n) is 3.51. The van der Waals surface area contributed by atoms with Crippen LogP contribution in [-0.4, -0.2) is 23.1 Å². The predicted octanol–water partition coefficient (Wildman–Crippen LogP) is 3.00. The van der Waals surface area contributed by atoms with Gasteiger partial charge in [-0.2, -0.15) is 0 Å². The van der Waals surface area contributed by atoms with Gasteiger partial charge in [-0.05, 0) is 38.0 Å². The molecular weight excluding hydrogens is 224 g/mol. The number of hydrogen-bond donors (Lipinski definition) is 2. The van der Waals surface area contributed by atoms with E-state index in [1.54, 1.807) is 0 Å². The minimum absolute atomic E-state index is 0.606. The zero-order valence-electron chi connectivity index (χ0n) is 11.1. The fourth-order valence-corrected chi connectivity index (χ4v) is 2.00. The number of hydrogen-bond acceptors (Lipinski definition) is 4. The highest BCUT2D eigenvalue weighted by Crippen LogP contribution is 2.39. The SMILES string of the molecule is CCCNc1cc(NCC2CC2)nc(C2CC2)n1. The van der Waals surface area contributed by atoms with Gasteiger partial charge in [-0.25, -0.2) is 9.97 Å². The van der Waals surface area contributed by atoms with Gasteiger partial charge in [0.05, 0.1) is 0 Å². The van der Waals surface area contributed by atoms with Gasteiger partial charge < -0.3 is 10.6 Å². The van der Waals surface area contributed by atoms with Crippen LogP contribution in [0.15, 0.2) is 6.07 Å². The van der Waals surface area contributed by atoms with Gasteiger partial charge in [0, 0.05) is 25.1 Å². The number of aromatic nitrogens is 2. The molecule has 98 valence electrons. The van der Waals surface area contributed by atoms with Crippen molar-refractivity contribution in [2.24, 2.45) is 5.92 Å². The summed E-state index contributed by atoms with van der Waals surface area (Å²) in [6, 6.07) is 2.05. The highest BCUT2D eigenvalue weighted by Gasteiger charge is 2.27. The molecule has 0 amide bonds. The lowest BCUT2D eigenvalue weighted by Gasteiger charge is -2.10. The Labute approximate surface area is 109 Å². The fourth-order valence-electron chi connectivity index (χ4n) is 2.00. The molecule has 18 heavy (non-hydrogen) atoms. The smallest absolute Gasteiger partial charge is 0.136 e. The van der Waals surface area contributed by atoms with Gasteiger partial charge in [0.15, 0.2) is 0 Å². The van der Waals surface area contributed by atoms with E-state index in [9.17, 15) is 0 Å². The average molecular weight is 246 g/mol. The zero-order chi connectivity index (χ0) is 12.4. The maximum absolute atomic E-state index is 4.64. The summed E-state index contributed by atoms with van der Waals surface area (Å²) in [6.07, 6.45) is 6.36. The molecule has 2 N–H and O–H groups in total. The molecule has 0 aromatic carbocycles. The number of rotatable bonds is 7. The zero-order valence-corrected chi connectivity index (χ0v) is 11.1. The van der Waals surface area contributed by atoms with Gasteiger partial charge in [0.25, 0.3) is 0 Å². The normalized spacial score (nSPS) is 18.7. The number of anilines is 2. The first-order valence-electron chi connectivity index (χ1n) is 7.22. The minimum atomic E-state index is 0.606. The van der Waals surface area contributed by atoms with Crippen LogP contribution < -0.4 is 10.6 Å². The first-order valence-corrected chi connectivity index (χ1v) is 7.22. The fraction of sp³-hybridized carbons (Fsp3) is 0.714. The third kappa shape index (κ3) is 3.12. The van der Waals surface area contributed by atoms with Crippen LogP contribution in [0.3, 0.4) is 0 Å². The molecule has 0 aliphatic heterocycles. The summed E-state index contributed by atoms with van der Waals surface area (Å²) in [7, 11) is 0. The maximum atomic E-state index is 4.64. The van der Waals surface area contributed by atoms with Crippen LogP contribution in [0, 0.1) is 5.92 Å². The molecule has 4 heteroatoms. The van der Waals surface area contributed by atoms with Crippen molar-refractivity contribution in [3.63, 3.8) is 0 Å². The summed E-state index contributed by atoms with van der Waals surface area (Å²) in [4.78, 5) is 9.25. The summed E-state index contributed by atoms with van der Waals surface area (Å²) >= 11 is 0. The van der Waals surface area contributed by atoms with Crippen molar-refractivity contribution in [1.82, 2.24) is 9.97 Å².